The average Bonchev–Trinajstić information content (AvgIpc) is 3.23. The molecule has 3 aromatic heterocycles. The number of sulfonamides is 1. The predicted molar refractivity (Wildman–Crippen MR) is 112 cm³/mol. The van der Waals surface area contributed by atoms with E-state index in [0.717, 1.165) is 22.9 Å². The van der Waals surface area contributed by atoms with Gasteiger partial charge in [0.25, 0.3) is 0 Å². The number of nitrogens with zero attached hydrogens (tertiary/aromatic N) is 5. The molecule has 0 atom stereocenters. The van der Waals surface area contributed by atoms with E-state index in [9.17, 15) is 8.42 Å². The second kappa shape index (κ2) is 7.68. The Balaban J connectivity index is 0.00000240. The van der Waals surface area contributed by atoms with E-state index in [-0.39, 0.29) is 18.2 Å². The van der Waals surface area contributed by atoms with E-state index in [0.29, 0.717) is 29.3 Å². The van der Waals surface area contributed by atoms with Crippen LogP contribution in [-0.4, -0.2) is 39.5 Å². The first-order valence-electron chi connectivity index (χ1n) is 8.38. The molecule has 0 radical (unpaired) electrons. The van der Waals surface area contributed by atoms with Gasteiger partial charge < -0.3 is 10.3 Å². The number of rotatable bonds is 5. The summed E-state index contributed by atoms with van der Waals surface area (Å²) in [6.45, 7) is 2.60. The van der Waals surface area contributed by atoms with Crippen LogP contribution in [0.25, 0.3) is 33.7 Å². The zero-order valence-corrected chi connectivity index (χ0v) is 17.2. The number of hydrogen-bond donors (Lipinski definition) is 2. The Labute approximate surface area is 172 Å². The molecule has 0 bridgehead atoms. The SMILES string of the molecule is CCn1c(-c2nonc2N)nc2cncc(-c3ccc(NS(C)(=O)=O)cc3)c21.Cl. The Morgan fingerprint density at radius 3 is 2.48 bits per heavy atom. The molecule has 10 nitrogen and oxygen atoms in total. The van der Waals surface area contributed by atoms with Crippen molar-refractivity contribution in [2.24, 2.45) is 0 Å². The van der Waals surface area contributed by atoms with Crippen LogP contribution in [-0.2, 0) is 16.6 Å². The molecule has 3 heterocycles. The quantitative estimate of drug-likeness (QED) is 0.487. The molecule has 29 heavy (non-hydrogen) atoms. The highest BCUT2D eigenvalue weighted by atomic mass is 35.5. The molecular weight excluding hydrogens is 418 g/mol. The Hall–Kier alpha value is -3.18. The summed E-state index contributed by atoms with van der Waals surface area (Å²) in [7, 11) is -3.34. The van der Waals surface area contributed by atoms with Crippen LogP contribution < -0.4 is 10.5 Å². The molecule has 0 aliphatic carbocycles. The van der Waals surface area contributed by atoms with Gasteiger partial charge in [0.05, 0.1) is 18.0 Å². The maximum atomic E-state index is 11.4. The number of nitrogens with two attached hydrogens (primary N) is 1. The lowest BCUT2D eigenvalue weighted by atomic mass is 10.1. The number of nitrogen functional groups attached to an aromatic ring is 1. The normalized spacial score (nSPS) is 11.4. The van der Waals surface area contributed by atoms with Crippen LogP contribution in [0.3, 0.4) is 0 Å². The van der Waals surface area contributed by atoms with Gasteiger partial charge in [-0.05, 0) is 34.9 Å². The predicted octanol–water partition coefficient (Wildman–Crippen LogP) is 2.54. The summed E-state index contributed by atoms with van der Waals surface area (Å²) in [5.41, 5.74) is 9.95. The van der Waals surface area contributed by atoms with E-state index >= 15 is 0 Å². The number of benzene rings is 1. The Kier molecular flexibility index (Phi) is 5.44. The van der Waals surface area contributed by atoms with Gasteiger partial charge in [-0.3, -0.25) is 9.71 Å². The summed E-state index contributed by atoms with van der Waals surface area (Å²) < 4.78 is 31.9. The molecule has 1 aromatic carbocycles. The number of anilines is 2. The van der Waals surface area contributed by atoms with Crippen LogP contribution in [0.15, 0.2) is 41.3 Å². The van der Waals surface area contributed by atoms with Crippen molar-refractivity contribution in [3.05, 3.63) is 36.7 Å². The minimum absolute atomic E-state index is 0. The Bertz CT molecular complexity index is 1270. The van der Waals surface area contributed by atoms with Crippen LogP contribution in [0.5, 0.6) is 0 Å². The summed E-state index contributed by atoms with van der Waals surface area (Å²) in [6.07, 6.45) is 4.51. The van der Waals surface area contributed by atoms with Gasteiger partial charge in [-0.1, -0.05) is 12.1 Å². The van der Waals surface area contributed by atoms with Crippen LogP contribution in [0.2, 0.25) is 0 Å². The van der Waals surface area contributed by atoms with Gasteiger partial charge in [0.1, 0.15) is 5.52 Å². The van der Waals surface area contributed by atoms with Crippen LogP contribution in [0.4, 0.5) is 11.5 Å². The average molecular weight is 436 g/mol. The van der Waals surface area contributed by atoms with E-state index in [1.807, 2.05) is 23.6 Å². The number of nitrogens with one attached hydrogen (secondary N) is 1. The summed E-state index contributed by atoms with van der Waals surface area (Å²) in [5.74, 6) is 0.705. The number of fused-ring (bicyclic) bond motifs is 1. The van der Waals surface area contributed by atoms with E-state index < -0.39 is 10.0 Å². The minimum atomic E-state index is -3.34. The number of aromatic nitrogens is 5. The topological polar surface area (TPSA) is 142 Å². The zero-order valence-electron chi connectivity index (χ0n) is 15.5. The molecule has 0 saturated heterocycles. The highest BCUT2D eigenvalue weighted by Crippen LogP contribution is 2.33. The number of aryl methyl sites for hydroxylation is 1. The second-order valence-corrected chi connectivity index (χ2v) is 7.93. The maximum absolute atomic E-state index is 11.4. The monoisotopic (exact) mass is 435 g/mol. The smallest absolute Gasteiger partial charge is 0.229 e. The largest absolute Gasteiger partial charge is 0.379 e. The fourth-order valence-electron chi connectivity index (χ4n) is 3.07. The van der Waals surface area contributed by atoms with Crippen molar-refractivity contribution in [1.82, 2.24) is 24.8 Å². The molecule has 0 amide bonds. The van der Waals surface area contributed by atoms with Crippen LogP contribution >= 0.6 is 12.4 Å². The third-order valence-corrected chi connectivity index (χ3v) is 4.80. The number of pyridine rings is 1. The molecule has 3 N–H and O–H groups in total. The summed E-state index contributed by atoms with van der Waals surface area (Å²) in [5, 5.41) is 7.48. The van der Waals surface area contributed by atoms with Crippen molar-refractivity contribution in [3.63, 3.8) is 0 Å². The number of imidazole rings is 1. The first-order chi connectivity index (χ1) is 13.4. The molecule has 0 spiro atoms. The Morgan fingerprint density at radius 2 is 1.90 bits per heavy atom. The standard InChI is InChI=1S/C17H17N7O3S.ClH/c1-3-24-15-12(10-4-6-11(7-5-10)23-28(2,25)26)8-19-9-13(15)20-17(24)14-16(18)22-27-21-14;/h4-9,23H,3H2,1-2H3,(H2,18,22);1H. The van der Waals surface area contributed by atoms with Crippen LogP contribution in [0, 0.1) is 0 Å². The van der Waals surface area contributed by atoms with Gasteiger partial charge in [0.2, 0.25) is 10.0 Å². The molecule has 0 unspecified atom stereocenters. The van der Waals surface area contributed by atoms with Gasteiger partial charge in [-0.25, -0.2) is 18.0 Å². The summed E-state index contributed by atoms with van der Waals surface area (Å²) in [6, 6.07) is 7.04. The van der Waals surface area contributed by atoms with Gasteiger partial charge in [-0.15, -0.1) is 12.4 Å². The first kappa shape index (κ1) is 20.6. The molecule has 4 rings (SSSR count). The molecular formula is C17H18ClN7O3S. The molecule has 152 valence electrons. The van der Waals surface area contributed by atoms with E-state index in [2.05, 4.69) is 25.0 Å². The van der Waals surface area contributed by atoms with Crippen molar-refractivity contribution in [1.29, 1.82) is 0 Å². The highest BCUT2D eigenvalue weighted by Gasteiger charge is 2.20. The zero-order chi connectivity index (χ0) is 19.9. The molecule has 12 heteroatoms. The van der Waals surface area contributed by atoms with Crippen molar-refractivity contribution in [3.8, 4) is 22.6 Å². The fraction of sp³-hybridized carbons (Fsp3) is 0.176. The molecule has 0 aliphatic rings. The molecule has 4 aromatic rings. The van der Waals surface area contributed by atoms with Gasteiger partial charge in [0, 0.05) is 24.0 Å². The van der Waals surface area contributed by atoms with Crippen molar-refractivity contribution >= 4 is 45.0 Å². The van der Waals surface area contributed by atoms with Crippen molar-refractivity contribution in [2.45, 2.75) is 13.5 Å². The first-order valence-corrected chi connectivity index (χ1v) is 10.3. The number of halogens is 1. The lowest BCUT2D eigenvalue weighted by molar-refractivity contribution is 0.310. The van der Waals surface area contributed by atoms with E-state index in [1.165, 1.54) is 0 Å². The van der Waals surface area contributed by atoms with Gasteiger partial charge in [-0.2, -0.15) is 0 Å². The van der Waals surface area contributed by atoms with Crippen molar-refractivity contribution < 1.29 is 13.0 Å². The molecule has 0 saturated carbocycles. The third kappa shape index (κ3) is 3.87. The van der Waals surface area contributed by atoms with Crippen molar-refractivity contribution in [2.75, 3.05) is 16.7 Å². The lowest BCUT2D eigenvalue weighted by Crippen LogP contribution is -2.09. The van der Waals surface area contributed by atoms with Gasteiger partial charge >= 0.3 is 0 Å². The summed E-state index contributed by atoms with van der Waals surface area (Å²) >= 11 is 0. The molecule has 0 aliphatic heterocycles. The third-order valence-electron chi connectivity index (χ3n) is 4.19. The van der Waals surface area contributed by atoms with E-state index in [1.54, 1.807) is 24.5 Å². The second-order valence-electron chi connectivity index (χ2n) is 6.18. The maximum Gasteiger partial charge on any atom is 0.229 e. The minimum Gasteiger partial charge on any atom is -0.379 e. The highest BCUT2D eigenvalue weighted by molar-refractivity contribution is 7.92. The van der Waals surface area contributed by atoms with Crippen LogP contribution in [0.1, 0.15) is 6.92 Å². The lowest BCUT2D eigenvalue weighted by Gasteiger charge is -2.09. The van der Waals surface area contributed by atoms with Gasteiger partial charge in [0.15, 0.2) is 17.3 Å². The fourth-order valence-corrected chi connectivity index (χ4v) is 3.64. The Morgan fingerprint density at radius 1 is 1.17 bits per heavy atom. The number of hydrogen-bond acceptors (Lipinski definition) is 8. The molecule has 0 fully saturated rings. The van der Waals surface area contributed by atoms with E-state index in [4.69, 9.17) is 10.4 Å². The summed E-state index contributed by atoms with van der Waals surface area (Å²) in [4.78, 5) is 8.89.